The van der Waals surface area contributed by atoms with Gasteiger partial charge in [-0.25, -0.2) is 0 Å². The number of hydrogen-bond acceptors (Lipinski definition) is 8. The number of para-hydroxylation sites is 2. The molecule has 3 aromatic carbocycles. The summed E-state index contributed by atoms with van der Waals surface area (Å²) in [6, 6.07) is 17.5. The second kappa shape index (κ2) is 9.85. The maximum absolute atomic E-state index is 13.7. The number of nitro groups is 1. The van der Waals surface area contributed by atoms with Gasteiger partial charge in [-0.1, -0.05) is 24.3 Å². The number of nitrogens with one attached hydrogen (secondary N) is 2. The van der Waals surface area contributed by atoms with Crippen LogP contribution in [0.4, 0.5) is 17.1 Å². The summed E-state index contributed by atoms with van der Waals surface area (Å²) in [5.41, 5.74) is 3.84. The number of nitrogens with zero attached hydrogens (tertiary/aromatic N) is 1. The number of anilines is 2. The first-order chi connectivity index (χ1) is 17.9. The molecule has 1 aliphatic carbocycles. The van der Waals surface area contributed by atoms with Gasteiger partial charge in [-0.3, -0.25) is 14.9 Å². The molecule has 1 aliphatic heterocycles. The van der Waals surface area contributed by atoms with E-state index in [1.165, 1.54) is 6.07 Å². The fraction of sp³-hybridized carbons (Fsp3) is 0.250. The summed E-state index contributed by atoms with van der Waals surface area (Å²) in [5.74, 6) is 0.111. The van der Waals surface area contributed by atoms with E-state index in [1.54, 1.807) is 20.1 Å². The number of phenolic OH excluding ortho intramolecular Hbond substituents is 1. The lowest BCUT2D eigenvalue weighted by atomic mass is 9.78. The molecule has 0 bridgehead atoms. The van der Waals surface area contributed by atoms with Gasteiger partial charge in [0.1, 0.15) is 5.75 Å². The van der Waals surface area contributed by atoms with Crippen LogP contribution in [0.25, 0.3) is 0 Å². The molecule has 0 fully saturated rings. The van der Waals surface area contributed by atoms with Gasteiger partial charge in [-0.15, -0.1) is 0 Å². The molecule has 0 unspecified atom stereocenters. The smallest absolute Gasteiger partial charge is 0.315 e. The molecule has 0 saturated heterocycles. The first-order valence-corrected chi connectivity index (χ1v) is 12.1. The Balaban J connectivity index is 1.63. The van der Waals surface area contributed by atoms with Crippen LogP contribution in [0.3, 0.4) is 0 Å². The zero-order valence-electron chi connectivity index (χ0n) is 20.5. The highest BCUT2D eigenvalue weighted by molar-refractivity contribution is 6.01. The second-order valence-electron chi connectivity index (χ2n) is 9.02. The summed E-state index contributed by atoms with van der Waals surface area (Å²) in [6.07, 6.45) is 0.873. The van der Waals surface area contributed by atoms with Crippen molar-refractivity contribution in [1.82, 2.24) is 0 Å². The van der Waals surface area contributed by atoms with Crippen LogP contribution in [0.1, 0.15) is 42.9 Å². The van der Waals surface area contributed by atoms with E-state index < -0.39 is 22.4 Å². The molecule has 9 nitrogen and oxygen atoms in total. The molecule has 2 aliphatic rings. The molecule has 0 amide bonds. The molecule has 9 heteroatoms. The van der Waals surface area contributed by atoms with Gasteiger partial charge in [-0.2, -0.15) is 0 Å². The molecule has 0 aromatic heterocycles. The number of ketones is 1. The van der Waals surface area contributed by atoms with Crippen LogP contribution in [-0.2, 0) is 4.79 Å². The number of aromatic hydroxyl groups is 1. The molecule has 0 saturated carbocycles. The van der Waals surface area contributed by atoms with Crippen molar-refractivity contribution in [3.8, 4) is 17.2 Å². The van der Waals surface area contributed by atoms with Crippen molar-refractivity contribution in [3.63, 3.8) is 0 Å². The zero-order valence-corrected chi connectivity index (χ0v) is 20.5. The normalized spacial score (nSPS) is 18.6. The molecule has 5 rings (SSSR count). The Kier molecular flexibility index (Phi) is 6.43. The molecule has 0 radical (unpaired) electrons. The highest BCUT2D eigenvalue weighted by atomic mass is 16.6. The van der Waals surface area contributed by atoms with Crippen molar-refractivity contribution < 1.29 is 24.3 Å². The van der Waals surface area contributed by atoms with E-state index >= 15 is 0 Å². The number of allylic oxidation sites excluding steroid dienone is 1. The molecule has 0 spiro atoms. The van der Waals surface area contributed by atoms with Crippen molar-refractivity contribution in [3.05, 3.63) is 93.2 Å². The van der Waals surface area contributed by atoms with Crippen LogP contribution >= 0.6 is 0 Å². The van der Waals surface area contributed by atoms with Gasteiger partial charge in [0.25, 0.3) is 0 Å². The first kappa shape index (κ1) is 24.2. The summed E-state index contributed by atoms with van der Waals surface area (Å²) < 4.78 is 10.8. The van der Waals surface area contributed by atoms with E-state index in [1.807, 2.05) is 48.5 Å². The van der Waals surface area contributed by atoms with Gasteiger partial charge in [0.15, 0.2) is 11.5 Å². The maximum atomic E-state index is 13.7. The van der Waals surface area contributed by atoms with E-state index in [-0.39, 0.29) is 24.1 Å². The summed E-state index contributed by atoms with van der Waals surface area (Å²) in [5, 5.41) is 29.0. The zero-order chi connectivity index (χ0) is 26.1. The summed E-state index contributed by atoms with van der Waals surface area (Å²) in [6.45, 7) is 1.94. The van der Waals surface area contributed by atoms with Gasteiger partial charge in [0.05, 0.1) is 36.1 Å². The van der Waals surface area contributed by atoms with E-state index in [2.05, 4.69) is 10.6 Å². The third-order valence-electron chi connectivity index (χ3n) is 6.80. The van der Waals surface area contributed by atoms with Crippen LogP contribution in [0.2, 0.25) is 0 Å². The minimum Gasteiger partial charge on any atom is -0.500 e. The number of rotatable bonds is 6. The highest BCUT2D eigenvalue weighted by Gasteiger charge is 2.37. The summed E-state index contributed by atoms with van der Waals surface area (Å²) in [7, 11) is 1.61. The van der Waals surface area contributed by atoms with Crippen LogP contribution in [0.5, 0.6) is 17.2 Å². The molecular formula is C28H27N3O6. The van der Waals surface area contributed by atoms with Gasteiger partial charge >= 0.3 is 5.69 Å². The second-order valence-corrected chi connectivity index (χ2v) is 9.02. The molecule has 1 heterocycles. The van der Waals surface area contributed by atoms with E-state index in [0.717, 1.165) is 28.4 Å². The summed E-state index contributed by atoms with van der Waals surface area (Å²) >= 11 is 0. The molecule has 190 valence electrons. The molecule has 3 N–H and O–H groups in total. The highest BCUT2D eigenvalue weighted by Crippen LogP contribution is 2.47. The number of benzene rings is 3. The number of carbonyl (C=O) groups excluding carboxylic acids is 1. The van der Waals surface area contributed by atoms with E-state index in [4.69, 9.17) is 9.47 Å². The lowest BCUT2D eigenvalue weighted by molar-refractivity contribution is -0.386. The predicted molar refractivity (Wildman–Crippen MR) is 139 cm³/mol. The molecular weight excluding hydrogens is 474 g/mol. The third-order valence-corrected chi connectivity index (χ3v) is 6.80. The van der Waals surface area contributed by atoms with Crippen molar-refractivity contribution in [2.45, 2.75) is 31.7 Å². The molecule has 3 aromatic rings. The monoisotopic (exact) mass is 501 g/mol. The fourth-order valence-electron chi connectivity index (χ4n) is 5.04. The largest absolute Gasteiger partial charge is 0.500 e. The van der Waals surface area contributed by atoms with Gasteiger partial charge in [0, 0.05) is 23.8 Å². The van der Waals surface area contributed by atoms with Gasteiger partial charge in [-0.05, 0) is 60.7 Å². The van der Waals surface area contributed by atoms with Crippen molar-refractivity contribution in [2.75, 3.05) is 24.4 Å². The van der Waals surface area contributed by atoms with Crippen molar-refractivity contribution in [2.24, 2.45) is 0 Å². The Morgan fingerprint density at radius 2 is 1.78 bits per heavy atom. The number of carbonyl (C=O) groups is 1. The minimum absolute atomic E-state index is 0.000471. The van der Waals surface area contributed by atoms with Crippen LogP contribution in [0.15, 0.2) is 71.9 Å². The number of methoxy groups -OCH3 is 1. The Morgan fingerprint density at radius 1 is 1.05 bits per heavy atom. The standard InChI is InChI=1S/C28H27N3O6/c1-3-37-25-15-18(13-23(28(25)33)31(34)35)27-26-22(29-20-6-4-5-7-21(20)30-27)12-17(14-24(26)32)16-8-10-19(36-2)11-9-16/h4-11,13,15,17,27,29-30,33H,3,12,14H2,1-2H3/t17-,27+/m1/s1. The van der Waals surface area contributed by atoms with Gasteiger partial charge in [0.2, 0.25) is 5.75 Å². The quantitative estimate of drug-likeness (QED) is 0.291. The average molecular weight is 502 g/mol. The average Bonchev–Trinajstić information content (AvgIpc) is 3.07. The lowest BCUT2D eigenvalue weighted by Crippen LogP contribution is -2.27. The van der Waals surface area contributed by atoms with Gasteiger partial charge < -0.3 is 25.2 Å². The number of nitro benzene ring substituents is 1. The molecule has 37 heavy (non-hydrogen) atoms. The van der Waals surface area contributed by atoms with Crippen LogP contribution < -0.4 is 20.1 Å². The van der Waals surface area contributed by atoms with Crippen LogP contribution in [-0.4, -0.2) is 29.5 Å². The fourth-order valence-corrected chi connectivity index (χ4v) is 5.04. The van der Waals surface area contributed by atoms with E-state index in [9.17, 15) is 20.0 Å². The van der Waals surface area contributed by atoms with E-state index in [0.29, 0.717) is 24.0 Å². The Hall–Kier alpha value is -4.53. The minimum atomic E-state index is -0.686. The maximum Gasteiger partial charge on any atom is 0.315 e. The van der Waals surface area contributed by atoms with Crippen LogP contribution in [0, 0.1) is 10.1 Å². The third kappa shape index (κ3) is 4.55. The number of Topliss-reactive ketones (excluding diaryl/α,β-unsaturated/α-hetero) is 1. The lowest BCUT2D eigenvalue weighted by Gasteiger charge is -2.30. The molecule has 2 atom stereocenters. The Morgan fingerprint density at radius 3 is 2.46 bits per heavy atom. The number of phenols is 1. The number of ether oxygens (including phenoxy) is 2. The Labute approximate surface area is 213 Å². The summed E-state index contributed by atoms with van der Waals surface area (Å²) in [4.78, 5) is 24.8. The predicted octanol–water partition coefficient (Wildman–Crippen LogP) is 5.69. The van der Waals surface area contributed by atoms with Crippen molar-refractivity contribution >= 4 is 22.8 Å². The Bertz CT molecular complexity index is 1400. The SMILES string of the molecule is CCOc1cc([C@@H]2Nc3ccccc3NC3=C2C(=O)C[C@H](c2ccc(OC)cc2)C3)cc([N+](=O)[O-])c1O. The number of fused-ring (bicyclic) bond motifs is 1. The topological polar surface area (TPSA) is 123 Å². The number of hydrogen-bond donors (Lipinski definition) is 3. The first-order valence-electron chi connectivity index (χ1n) is 12.1. The van der Waals surface area contributed by atoms with Crippen molar-refractivity contribution in [1.29, 1.82) is 0 Å².